The second-order valence-corrected chi connectivity index (χ2v) is 2.48. The molecule has 1 heteroatoms. The van der Waals surface area contributed by atoms with Gasteiger partial charge in [-0.3, -0.25) is 0 Å². The van der Waals surface area contributed by atoms with E-state index in [4.69, 9.17) is 0 Å². The first-order chi connectivity index (χ1) is 3.12. The lowest BCUT2D eigenvalue weighted by molar-refractivity contribution is -0.883. The number of hydrogen-bond acceptors (Lipinski definition) is 0. The summed E-state index contributed by atoms with van der Waals surface area (Å²) in [6.45, 7) is 8.12. The molecule has 0 bridgehead atoms. The average Bonchev–Trinajstić information content (AvgIpc) is 1.68. The number of hydrogen-bond donors (Lipinski definition) is 0. The largest absolute Gasteiger partial charge is 0.329 e. The molecular formula is C6H15N+. The van der Waals surface area contributed by atoms with Crippen molar-refractivity contribution in [2.45, 2.75) is 6.92 Å². The predicted octanol–water partition coefficient (Wildman–Crippen LogP) is 0.917. The van der Waals surface area contributed by atoms with Gasteiger partial charge in [0.05, 0.1) is 27.2 Å². The van der Waals surface area contributed by atoms with Crippen LogP contribution >= 0.6 is 0 Å². The maximum absolute atomic E-state index is 3.80. The number of nitrogens with zero attached hydrogens (tertiary/aromatic N) is 1. The van der Waals surface area contributed by atoms with Crippen molar-refractivity contribution in [2.24, 2.45) is 0 Å². The van der Waals surface area contributed by atoms with Crippen molar-refractivity contribution < 1.29 is 4.48 Å². The Morgan fingerprint density at radius 3 is 1.86 bits per heavy atom. The normalized spacial score (nSPS) is 12.0. The van der Waals surface area contributed by atoms with E-state index in [-0.39, 0.29) is 0 Å². The minimum atomic E-state index is 0.983. The molecule has 0 saturated heterocycles. The summed E-state index contributed by atoms with van der Waals surface area (Å²) in [5, 5.41) is 0. The van der Waals surface area contributed by atoms with Crippen LogP contribution in [0.25, 0.3) is 0 Å². The highest BCUT2D eigenvalue weighted by atomic mass is 15.3. The molecule has 0 N–H and O–H groups in total. The van der Waals surface area contributed by atoms with Gasteiger partial charge < -0.3 is 4.48 Å². The van der Waals surface area contributed by atoms with E-state index in [9.17, 15) is 0 Å². The fourth-order valence-electron chi connectivity index (χ4n) is 0.158. The van der Waals surface area contributed by atoms with Crippen molar-refractivity contribution in [3.8, 4) is 0 Å². The Morgan fingerprint density at radius 1 is 1.43 bits per heavy atom. The van der Waals surface area contributed by atoms with Gasteiger partial charge in [0.15, 0.2) is 0 Å². The van der Waals surface area contributed by atoms with Crippen molar-refractivity contribution >= 4 is 0 Å². The molecule has 0 aromatic carbocycles. The van der Waals surface area contributed by atoms with E-state index in [2.05, 4.69) is 27.9 Å². The van der Waals surface area contributed by atoms with Gasteiger partial charge in [0.25, 0.3) is 0 Å². The maximum Gasteiger partial charge on any atom is 0.0784 e. The lowest BCUT2D eigenvalue weighted by Gasteiger charge is -2.25. The van der Waals surface area contributed by atoms with Crippen LogP contribution in [-0.2, 0) is 0 Å². The molecule has 1 radical (unpaired) electrons. The SMILES string of the molecule is [CH2]C[N+](C)(C)CC. The summed E-state index contributed by atoms with van der Waals surface area (Å²) in [6.07, 6.45) is 0. The maximum atomic E-state index is 3.80. The number of rotatable bonds is 2. The minimum absolute atomic E-state index is 0.983. The molecule has 0 heterocycles. The summed E-state index contributed by atoms with van der Waals surface area (Å²) in [5.41, 5.74) is 0. The Morgan fingerprint density at radius 2 is 1.86 bits per heavy atom. The second kappa shape index (κ2) is 2.31. The minimum Gasteiger partial charge on any atom is -0.329 e. The second-order valence-electron chi connectivity index (χ2n) is 2.48. The van der Waals surface area contributed by atoms with E-state index in [1.807, 2.05) is 0 Å². The first-order valence-corrected chi connectivity index (χ1v) is 2.73. The summed E-state index contributed by atoms with van der Waals surface area (Å²) in [7, 11) is 4.35. The molecule has 0 rings (SSSR count). The first-order valence-electron chi connectivity index (χ1n) is 2.73. The zero-order valence-corrected chi connectivity index (χ0v) is 5.57. The van der Waals surface area contributed by atoms with E-state index in [0.717, 1.165) is 11.0 Å². The lowest BCUT2D eigenvalue weighted by atomic mass is 10.5. The predicted molar refractivity (Wildman–Crippen MR) is 32.9 cm³/mol. The Bertz CT molecular complexity index is 42.1. The fourth-order valence-corrected chi connectivity index (χ4v) is 0.158. The summed E-state index contributed by atoms with van der Waals surface area (Å²) in [6, 6.07) is 0. The van der Waals surface area contributed by atoms with E-state index in [0.29, 0.717) is 0 Å². The Balaban J connectivity index is 3.36. The molecule has 0 aliphatic rings. The summed E-state index contributed by atoms with van der Waals surface area (Å²) in [4.78, 5) is 0. The van der Waals surface area contributed by atoms with Gasteiger partial charge in [-0.1, -0.05) is 0 Å². The van der Waals surface area contributed by atoms with Crippen molar-refractivity contribution in [1.82, 2.24) is 0 Å². The van der Waals surface area contributed by atoms with E-state index >= 15 is 0 Å². The highest BCUT2D eigenvalue weighted by Crippen LogP contribution is 1.91. The monoisotopic (exact) mass is 101 g/mol. The third kappa shape index (κ3) is 2.63. The Kier molecular flexibility index (Phi) is 2.30. The van der Waals surface area contributed by atoms with Gasteiger partial charge in [0.1, 0.15) is 0 Å². The highest BCUT2D eigenvalue weighted by molar-refractivity contribution is 4.29. The molecule has 0 aromatic heterocycles. The van der Waals surface area contributed by atoms with Crippen LogP contribution in [0.3, 0.4) is 0 Å². The molecule has 0 aliphatic carbocycles. The van der Waals surface area contributed by atoms with Crippen LogP contribution in [-0.4, -0.2) is 31.7 Å². The summed E-state index contributed by atoms with van der Waals surface area (Å²) in [5.74, 6) is 0. The molecule has 7 heavy (non-hydrogen) atoms. The van der Waals surface area contributed by atoms with Gasteiger partial charge in [0.2, 0.25) is 0 Å². The smallest absolute Gasteiger partial charge is 0.0784 e. The molecule has 0 aromatic rings. The van der Waals surface area contributed by atoms with Gasteiger partial charge in [-0.2, -0.15) is 0 Å². The topological polar surface area (TPSA) is 0 Å². The quantitative estimate of drug-likeness (QED) is 0.454. The highest BCUT2D eigenvalue weighted by Gasteiger charge is 2.04. The van der Waals surface area contributed by atoms with Crippen LogP contribution in [0, 0.1) is 6.92 Å². The zero-order valence-electron chi connectivity index (χ0n) is 5.57. The van der Waals surface area contributed by atoms with Crippen molar-refractivity contribution in [3.05, 3.63) is 6.92 Å². The van der Waals surface area contributed by atoms with Gasteiger partial charge in [-0.05, 0) is 6.92 Å². The van der Waals surface area contributed by atoms with E-state index < -0.39 is 0 Å². The molecule has 0 unspecified atom stereocenters. The fraction of sp³-hybridized carbons (Fsp3) is 0.833. The third-order valence-corrected chi connectivity index (χ3v) is 1.46. The van der Waals surface area contributed by atoms with Crippen LogP contribution in [0.2, 0.25) is 0 Å². The molecular weight excluding hydrogens is 86.1 g/mol. The molecule has 0 spiro atoms. The molecule has 0 saturated carbocycles. The standard InChI is InChI=1S/C6H15N/c1-5-7(3,4)6-2/h1,5-6H2,2-4H3/q+1. The lowest BCUT2D eigenvalue weighted by Crippen LogP contribution is -2.38. The molecule has 0 fully saturated rings. The van der Waals surface area contributed by atoms with Crippen LogP contribution in [0.4, 0.5) is 0 Å². The molecule has 43 valence electrons. The van der Waals surface area contributed by atoms with Crippen molar-refractivity contribution in [3.63, 3.8) is 0 Å². The summed E-state index contributed by atoms with van der Waals surface area (Å²) >= 11 is 0. The molecule has 0 amide bonds. The Hall–Kier alpha value is -0.0400. The van der Waals surface area contributed by atoms with Crippen LogP contribution in [0.15, 0.2) is 0 Å². The van der Waals surface area contributed by atoms with Crippen LogP contribution < -0.4 is 0 Å². The van der Waals surface area contributed by atoms with E-state index in [1.165, 1.54) is 6.54 Å². The summed E-state index contributed by atoms with van der Waals surface area (Å²) < 4.78 is 1.03. The van der Waals surface area contributed by atoms with Crippen LogP contribution in [0.5, 0.6) is 0 Å². The van der Waals surface area contributed by atoms with Crippen LogP contribution in [0.1, 0.15) is 6.92 Å². The average molecular weight is 101 g/mol. The van der Waals surface area contributed by atoms with Crippen molar-refractivity contribution in [1.29, 1.82) is 0 Å². The Labute approximate surface area is 46.5 Å². The van der Waals surface area contributed by atoms with Gasteiger partial charge >= 0.3 is 0 Å². The van der Waals surface area contributed by atoms with Crippen molar-refractivity contribution in [2.75, 3.05) is 27.2 Å². The van der Waals surface area contributed by atoms with E-state index in [1.54, 1.807) is 0 Å². The number of quaternary nitrogens is 1. The first kappa shape index (κ1) is 6.96. The molecule has 0 atom stereocenters. The zero-order chi connectivity index (χ0) is 5.91. The third-order valence-electron chi connectivity index (χ3n) is 1.46. The van der Waals surface area contributed by atoms with Gasteiger partial charge in [-0.15, -0.1) is 0 Å². The molecule has 0 aliphatic heterocycles. The van der Waals surface area contributed by atoms with Gasteiger partial charge in [0, 0.05) is 6.92 Å². The van der Waals surface area contributed by atoms with Gasteiger partial charge in [-0.25, -0.2) is 0 Å². The molecule has 1 nitrogen and oxygen atoms in total.